The fourth-order valence-corrected chi connectivity index (χ4v) is 2.97. The second-order valence-electron chi connectivity index (χ2n) is 4.96. The number of thiazole rings is 1. The summed E-state index contributed by atoms with van der Waals surface area (Å²) in [6, 6.07) is 9.23. The Balaban J connectivity index is 1.85. The second kappa shape index (κ2) is 5.73. The van der Waals surface area contributed by atoms with Crippen LogP contribution in [0.2, 0.25) is 0 Å². The van der Waals surface area contributed by atoms with Crippen molar-refractivity contribution in [3.63, 3.8) is 0 Å². The van der Waals surface area contributed by atoms with E-state index in [4.69, 9.17) is 4.42 Å². The zero-order chi connectivity index (χ0) is 15.7. The Morgan fingerprint density at radius 1 is 1.14 bits per heavy atom. The molecule has 0 aliphatic heterocycles. The molecule has 22 heavy (non-hydrogen) atoms. The van der Waals surface area contributed by atoms with E-state index in [0.29, 0.717) is 27.2 Å². The van der Waals surface area contributed by atoms with Crippen LogP contribution in [0.5, 0.6) is 0 Å². The molecule has 0 aliphatic carbocycles. The van der Waals surface area contributed by atoms with Crippen LogP contribution >= 0.6 is 11.3 Å². The average molecular weight is 313 g/mol. The van der Waals surface area contributed by atoms with Crippen LogP contribution in [0, 0.1) is 20.8 Å². The molecule has 0 unspecified atom stereocenters. The zero-order valence-electron chi connectivity index (χ0n) is 12.5. The lowest BCUT2D eigenvalue weighted by Gasteiger charge is -2.03. The quantitative estimate of drug-likeness (QED) is 0.794. The number of nitrogens with zero attached hydrogens (tertiary/aromatic N) is 2. The minimum atomic E-state index is -0.206. The molecule has 0 saturated heterocycles. The lowest BCUT2D eigenvalue weighted by Crippen LogP contribution is -2.12. The van der Waals surface area contributed by atoms with E-state index in [-0.39, 0.29) is 5.91 Å². The minimum absolute atomic E-state index is 0.206. The summed E-state index contributed by atoms with van der Waals surface area (Å²) in [6.07, 6.45) is 0. The van der Waals surface area contributed by atoms with Gasteiger partial charge in [0.05, 0.1) is 5.69 Å². The number of nitrogens with one attached hydrogen (secondary N) is 1. The molecule has 0 aromatic carbocycles. The van der Waals surface area contributed by atoms with Crippen molar-refractivity contribution in [1.29, 1.82) is 0 Å². The summed E-state index contributed by atoms with van der Waals surface area (Å²) in [5.41, 5.74) is 1.53. The third-order valence-corrected chi connectivity index (χ3v) is 4.25. The van der Waals surface area contributed by atoms with E-state index in [1.807, 2.05) is 45.0 Å². The first kappa shape index (κ1) is 14.5. The molecule has 0 bridgehead atoms. The number of rotatable bonds is 3. The van der Waals surface area contributed by atoms with Crippen molar-refractivity contribution in [3.05, 3.63) is 52.4 Å². The van der Waals surface area contributed by atoms with Crippen molar-refractivity contribution < 1.29 is 9.21 Å². The topological polar surface area (TPSA) is 68.0 Å². The third kappa shape index (κ3) is 2.92. The van der Waals surface area contributed by atoms with Crippen molar-refractivity contribution >= 4 is 23.1 Å². The van der Waals surface area contributed by atoms with Gasteiger partial charge in [-0.1, -0.05) is 6.07 Å². The first-order chi connectivity index (χ1) is 10.5. The predicted molar refractivity (Wildman–Crippen MR) is 86.2 cm³/mol. The number of pyridine rings is 1. The Kier molecular flexibility index (Phi) is 3.77. The lowest BCUT2D eigenvalue weighted by atomic mass is 10.3. The number of anilines is 1. The van der Waals surface area contributed by atoms with Crippen LogP contribution in [0.3, 0.4) is 0 Å². The second-order valence-corrected chi connectivity index (χ2v) is 5.96. The van der Waals surface area contributed by atoms with Gasteiger partial charge in [0.1, 0.15) is 16.5 Å². The summed E-state index contributed by atoms with van der Waals surface area (Å²) < 4.78 is 5.56. The molecule has 3 aromatic heterocycles. The number of hydrogen-bond donors (Lipinski definition) is 1. The van der Waals surface area contributed by atoms with E-state index in [0.717, 1.165) is 11.5 Å². The molecule has 0 saturated carbocycles. The highest BCUT2D eigenvalue weighted by molar-refractivity contribution is 7.17. The van der Waals surface area contributed by atoms with E-state index in [1.165, 1.54) is 11.3 Å². The van der Waals surface area contributed by atoms with Gasteiger partial charge in [-0.2, -0.15) is 0 Å². The Morgan fingerprint density at radius 3 is 2.64 bits per heavy atom. The highest BCUT2D eigenvalue weighted by Crippen LogP contribution is 2.29. The zero-order valence-corrected chi connectivity index (χ0v) is 13.3. The molecule has 3 rings (SSSR count). The largest absolute Gasteiger partial charge is 0.459 e. The summed E-state index contributed by atoms with van der Waals surface area (Å²) in [5.74, 6) is 1.83. The summed E-state index contributed by atoms with van der Waals surface area (Å²) >= 11 is 1.31. The van der Waals surface area contributed by atoms with Crippen LogP contribution in [0.1, 0.15) is 26.8 Å². The predicted octanol–water partition coefficient (Wildman–Crippen LogP) is 3.98. The van der Waals surface area contributed by atoms with Crippen LogP contribution in [0.25, 0.3) is 10.8 Å². The van der Waals surface area contributed by atoms with Gasteiger partial charge in [-0.25, -0.2) is 9.97 Å². The highest BCUT2D eigenvalue weighted by atomic mass is 32.1. The van der Waals surface area contributed by atoms with Gasteiger partial charge >= 0.3 is 0 Å². The average Bonchev–Trinajstić information content (AvgIpc) is 3.05. The van der Waals surface area contributed by atoms with E-state index >= 15 is 0 Å². The molecule has 3 aromatic rings. The van der Waals surface area contributed by atoms with E-state index in [1.54, 1.807) is 6.07 Å². The number of aromatic nitrogens is 2. The van der Waals surface area contributed by atoms with Crippen molar-refractivity contribution in [2.45, 2.75) is 20.8 Å². The van der Waals surface area contributed by atoms with Gasteiger partial charge in [-0.3, -0.25) is 4.79 Å². The maximum atomic E-state index is 12.4. The van der Waals surface area contributed by atoms with E-state index < -0.39 is 0 Å². The van der Waals surface area contributed by atoms with E-state index in [9.17, 15) is 4.79 Å². The molecule has 0 atom stereocenters. The summed E-state index contributed by atoms with van der Waals surface area (Å²) in [4.78, 5) is 21.6. The van der Waals surface area contributed by atoms with Crippen LogP contribution < -0.4 is 5.32 Å². The Labute approximate surface area is 132 Å². The molecular formula is C16H15N3O2S. The fourth-order valence-electron chi connectivity index (χ4n) is 2.05. The highest BCUT2D eigenvalue weighted by Gasteiger charge is 2.18. The monoisotopic (exact) mass is 313 g/mol. The van der Waals surface area contributed by atoms with Crippen molar-refractivity contribution in [1.82, 2.24) is 9.97 Å². The number of amides is 1. The fraction of sp³-hybridized carbons (Fsp3) is 0.188. The number of carbonyl (C=O) groups is 1. The number of carbonyl (C=O) groups excluding carboxylic acids is 1. The molecule has 3 heterocycles. The first-order valence-electron chi connectivity index (χ1n) is 6.82. The summed E-state index contributed by atoms with van der Waals surface area (Å²) in [5, 5.41) is 3.50. The van der Waals surface area contributed by atoms with Gasteiger partial charge in [0.2, 0.25) is 0 Å². The minimum Gasteiger partial charge on any atom is -0.459 e. The SMILES string of the molecule is Cc1cccc(NC(=O)c2sc(-c3ccc(C)o3)nc2C)n1. The molecule has 1 amide bonds. The standard InChI is InChI=1S/C16H15N3O2S/c1-9-5-4-6-13(17-9)19-15(20)14-11(3)18-16(22-14)12-8-7-10(2)21-12/h4-8H,1-3H3,(H,17,19,20). The van der Waals surface area contributed by atoms with Crippen LogP contribution in [0.15, 0.2) is 34.7 Å². The molecule has 0 spiro atoms. The number of hydrogen-bond acceptors (Lipinski definition) is 5. The molecule has 0 radical (unpaired) electrons. The Bertz CT molecular complexity index is 836. The molecule has 6 heteroatoms. The third-order valence-electron chi connectivity index (χ3n) is 3.08. The summed E-state index contributed by atoms with van der Waals surface area (Å²) in [7, 11) is 0. The molecule has 0 fully saturated rings. The Hall–Kier alpha value is -2.47. The molecule has 112 valence electrons. The van der Waals surface area contributed by atoms with Crippen LogP contribution in [-0.2, 0) is 0 Å². The smallest absolute Gasteiger partial charge is 0.268 e. The normalized spacial score (nSPS) is 10.7. The van der Waals surface area contributed by atoms with E-state index in [2.05, 4.69) is 15.3 Å². The lowest BCUT2D eigenvalue weighted by molar-refractivity contribution is 0.102. The van der Waals surface area contributed by atoms with Gasteiger partial charge in [-0.15, -0.1) is 11.3 Å². The first-order valence-corrected chi connectivity index (χ1v) is 7.64. The van der Waals surface area contributed by atoms with Crippen LogP contribution in [-0.4, -0.2) is 15.9 Å². The number of furan rings is 1. The van der Waals surface area contributed by atoms with Crippen molar-refractivity contribution in [2.24, 2.45) is 0 Å². The van der Waals surface area contributed by atoms with Gasteiger partial charge in [0, 0.05) is 5.69 Å². The van der Waals surface area contributed by atoms with Crippen molar-refractivity contribution in [2.75, 3.05) is 5.32 Å². The summed E-state index contributed by atoms with van der Waals surface area (Å²) in [6.45, 7) is 5.57. The van der Waals surface area contributed by atoms with Gasteiger partial charge in [0.25, 0.3) is 5.91 Å². The molecule has 0 aliphatic rings. The van der Waals surface area contributed by atoms with Gasteiger partial charge in [0.15, 0.2) is 10.8 Å². The van der Waals surface area contributed by atoms with Crippen LogP contribution in [0.4, 0.5) is 5.82 Å². The maximum absolute atomic E-state index is 12.4. The molecular weight excluding hydrogens is 298 g/mol. The molecule has 1 N–H and O–H groups in total. The Morgan fingerprint density at radius 2 is 1.95 bits per heavy atom. The van der Waals surface area contributed by atoms with Gasteiger partial charge < -0.3 is 9.73 Å². The number of aryl methyl sites for hydroxylation is 3. The maximum Gasteiger partial charge on any atom is 0.268 e. The van der Waals surface area contributed by atoms with Crippen molar-refractivity contribution in [3.8, 4) is 10.8 Å². The van der Waals surface area contributed by atoms with Gasteiger partial charge in [-0.05, 0) is 45.0 Å². The molecule has 5 nitrogen and oxygen atoms in total.